The molecule has 0 heterocycles. The van der Waals surface area contributed by atoms with Crippen LogP contribution in [-0.4, -0.2) is 22.4 Å². The zero-order valence-corrected chi connectivity index (χ0v) is 13.1. The van der Waals surface area contributed by atoms with Crippen LogP contribution in [0.2, 0.25) is 0 Å². The molecule has 5 heteroatoms. The minimum absolute atomic E-state index is 0.215. The molecule has 18 heavy (non-hydrogen) atoms. The van der Waals surface area contributed by atoms with Gasteiger partial charge in [0.05, 0.1) is 16.6 Å². The van der Waals surface area contributed by atoms with Crippen molar-refractivity contribution in [3.05, 3.63) is 0 Å². The average molecular weight is 264 g/mol. The second kappa shape index (κ2) is 7.07. The molecule has 0 atom stereocenters. The van der Waals surface area contributed by atoms with Crippen LogP contribution in [0.4, 0.5) is 0 Å². The van der Waals surface area contributed by atoms with Crippen molar-refractivity contribution in [1.82, 2.24) is 0 Å². The average Bonchev–Trinajstić information content (AvgIpc) is 2.11. The third-order valence-corrected chi connectivity index (χ3v) is 1.24. The molecule has 0 aromatic rings. The predicted octanol–water partition coefficient (Wildman–Crippen LogP) is 3.58. The maximum atomic E-state index is 10.4. The van der Waals surface area contributed by atoms with Gasteiger partial charge in [-0.2, -0.15) is 5.26 Å². The third kappa shape index (κ3) is 15.4. The molecule has 0 aromatic heterocycles. The Kier molecular flexibility index (Phi) is 7.73. The van der Waals surface area contributed by atoms with E-state index in [1.807, 2.05) is 41.5 Å². The van der Waals surface area contributed by atoms with Crippen LogP contribution >= 0.6 is 0 Å². The van der Waals surface area contributed by atoms with E-state index in [4.69, 9.17) is 15.0 Å². The van der Waals surface area contributed by atoms with Crippen molar-refractivity contribution >= 4 is 5.97 Å². The fourth-order valence-corrected chi connectivity index (χ4v) is 0.387. The SMILES string of the molecule is CC(C)(C)C(=O)OO.CC(C)(C)OOC(C)(C)C. The summed E-state index contributed by atoms with van der Waals surface area (Å²) in [4.78, 5) is 24.0. The number of carbonyl (C=O) groups excluding carboxylic acids is 1. The van der Waals surface area contributed by atoms with Crippen LogP contribution in [0.1, 0.15) is 62.3 Å². The molecule has 0 aliphatic carbocycles. The monoisotopic (exact) mass is 264 g/mol. The summed E-state index contributed by atoms with van der Waals surface area (Å²) in [6.45, 7) is 16.7. The Morgan fingerprint density at radius 1 is 0.778 bits per heavy atom. The van der Waals surface area contributed by atoms with Crippen LogP contribution < -0.4 is 0 Å². The zero-order valence-electron chi connectivity index (χ0n) is 13.1. The van der Waals surface area contributed by atoms with Crippen molar-refractivity contribution in [2.24, 2.45) is 5.41 Å². The van der Waals surface area contributed by atoms with E-state index in [9.17, 15) is 4.79 Å². The lowest BCUT2D eigenvalue weighted by Crippen LogP contribution is -2.27. The summed E-state index contributed by atoms with van der Waals surface area (Å²) in [5, 5.41) is 7.82. The van der Waals surface area contributed by atoms with Gasteiger partial charge < -0.3 is 4.89 Å². The molecule has 5 nitrogen and oxygen atoms in total. The Bertz CT molecular complexity index is 226. The van der Waals surface area contributed by atoms with E-state index in [2.05, 4.69) is 4.89 Å². The second-order valence-corrected chi connectivity index (χ2v) is 7.02. The Balaban J connectivity index is 0. The van der Waals surface area contributed by atoms with Gasteiger partial charge in [0.1, 0.15) is 0 Å². The Morgan fingerprint density at radius 2 is 1.06 bits per heavy atom. The highest BCUT2D eigenvalue weighted by molar-refractivity contribution is 5.74. The van der Waals surface area contributed by atoms with E-state index >= 15 is 0 Å². The lowest BCUT2D eigenvalue weighted by Gasteiger charge is -2.24. The van der Waals surface area contributed by atoms with Gasteiger partial charge in [-0.3, -0.25) is 0 Å². The Hall–Kier alpha value is -0.650. The largest absolute Gasteiger partial charge is 0.347 e. The normalized spacial score (nSPS) is 12.6. The first-order valence-electron chi connectivity index (χ1n) is 5.92. The van der Waals surface area contributed by atoms with Crippen LogP contribution in [0.3, 0.4) is 0 Å². The van der Waals surface area contributed by atoms with Gasteiger partial charge in [0.15, 0.2) is 0 Å². The standard InChI is InChI=1S/C8H18O2.C5H10O3/c1-7(2,3)9-10-8(4,5)6;1-5(2,3)4(6)8-7/h1-6H3;7H,1-3H3. The van der Waals surface area contributed by atoms with Crippen molar-refractivity contribution in [2.45, 2.75) is 73.5 Å². The van der Waals surface area contributed by atoms with E-state index in [0.29, 0.717) is 0 Å². The number of hydrogen-bond acceptors (Lipinski definition) is 5. The molecular formula is C13H28O5. The van der Waals surface area contributed by atoms with Gasteiger partial charge in [-0.15, -0.1) is 0 Å². The van der Waals surface area contributed by atoms with Crippen LogP contribution in [0.25, 0.3) is 0 Å². The Labute approximate surface area is 110 Å². The van der Waals surface area contributed by atoms with Crippen molar-refractivity contribution in [1.29, 1.82) is 0 Å². The molecule has 0 aromatic carbocycles. The third-order valence-electron chi connectivity index (χ3n) is 1.24. The first-order valence-corrected chi connectivity index (χ1v) is 5.92. The molecule has 0 saturated carbocycles. The minimum Gasteiger partial charge on any atom is -0.300 e. The zero-order chi connectivity index (χ0) is 15.2. The highest BCUT2D eigenvalue weighted by atomic mass is 17.2. The minimum atomic E-state index is -0.613. The molecule has 0 rings (SSSR count). The topological polar surface area (TPSA) is 65.0 Å². The molecule has 0 bridgehead atoms. The molecule has 0 spiro atoms. The van der Waals surface area contributed by atoms with Crippen molar-refractivity contribution in [3.63, 3.8) is 0 Å². The first-order chi connectivity index (χ1) is 7.69. The predicted molar refractivity (Wildman–Crippen MR) is 69.9 cm³/mol. The maximum absolute atomic E-state index is 10.4. The maximum Gasteiger partial charge on any atom is 0.347 e. The van der Waals surface area contributed by atoms with Gasteiger partial charge in [0, 0.05) is 0 Å². The van der Waals surface area contributed by atoms with Crippen molar-refractivity contribution < 1.29 is 24.7 Å². The molecule has 0 fully saturated rings. The fraction of sp³-hybridized carbons (Fsp3) is 0.923. The highest BCUT2D eigenvalue weighted by Gasteiger charge is 2.22. The molecule has 0 aliphatic heterocycles. The lowest BCUT2D eigenvalue weighted by atomic mass is 9.98. The Morgan fingerprint density at radius 3 is 1.11 bits per heavy atom. The number of rotatable bonds is 1. The van der Waals surface area contributed by atoms with E-state index in [1.165, 1.54) is 0 Å². The van der Waals surface area contributed by atoms with Gasteiger partial charge in [-0.05, 0) is 62.3 Å². The van der Waals surface area contributed by atoms with Gasteiger partial charge in [0.25, 0.3) is 0 Å². The summed E-state index contributed by atoms with van der Waals surface area (Å²) in [6, 6.07) is 0. The van der Waals surface area contributed by atoms with Crippen LogP contribution in [0, 0.1) is 5.41 Å². The molecule has 1 N–H and O–H groups in total. The van der Waals surface area contributed by atoms with E-state index in [0.717, 1.165) is 0 Å². The van der Waals surface area contributed by atoms with Gasteiger partial charge in [-0.1, -0.05) is 0 Å². The summed E-state index contributed by atoms with van der Waals surface area (Å²) in [6.07, 6.45) is 0. The van der Waals surface area contributed by atoms with Gasteiger partial charge in [0.2, 0.25) is 0 Å². The molecule has 0 aliphatic rings. The fourth-order valence-electron chi connectivity index (χ4n) is 0.387. The molecule has 0 radical (unpaired) electrons. The second-order valence-electron chi connectivity index (χ2n) is 7.02. The van der Waals surface area contributed by atoms with Gasteiger partial charge in [-0.25, -0.2) is 14.6 Å². The summed E-state index contributed by atoms with van der Waals surface area (Å²) < 4.78 is 0. The summed E-state index contributed by atoms with van der Waals surface area (Å²) in [7, 11) is 0. The smallest absolute Gasteiger partial charge is 0.300 e. The first kappa shape index (κ1) is 19.7. The molecule has 0 unspecified atom stereocenters. The van der Waals surface area contributed by atoms with Gasteiger partial charge >= 0.3 is 5.97 Å². The van der Waals surface area contributed by atoms with Crippen molar-refractivity contribution in [3.8, 4) is 0 Å². The van der Waals surface area contributed by atoms with Crippen LogP contribution in [0.5, 0.6) is 0 Å². The lowest BCUT2D eigenvalue weighted by molar-refractivity contribution is -0.393. The van der Waals surface area contributed by atoms with E-state index in [-0.39, 0.29) is 11.2 Å². The molecule has 0 amide bonds. The summed E-state index contributed by atoms with van der Waals surface area (Å²) >= 11 is 0. The molecule has 110 valence electrons. The summed E-state index contributed by atoms with van der Waals surface area (Å²) in [5.41, 5.74) is -1.03. The molecular weight excluding hydrogens is 236 g/mol. The van der Waals surface area contributed by atoms with Crippen LogP contribution in [0.15, 0.2) is 0 Å². The highest BCUT2D eigenvalue weighted by Crippen LogP contribution is 2.14. The van der Waals surface area contributed by atoms with E-state index < -0.39 is 11.4 Å². The van der Waals surface area contributed by atoms with Crippen LogP contribution in [-0.2, 0) is 19.5 Å². The summed E-state index contributed by atoms with van der Waals surface area (Å²) in [5.74, 6) is -0.613. The number of hydrogen-bond donors (Lipinski definition) is 1. The quantitative estimate of drug-likeness (QED) is 0.579. The molecule has 0 saturated heterocycles. The number of carbonyl (C=O) groups is 1. The van der Waals surface area contributed by atoms with Crippen molar-refractivity contribution in [2.75, 3.05) is 0 Å². The van der Waals surface area contributed by atoms with E-state index in [1.54, 1.807) is 20.8 Å².